The van der Waals surface area contributed by atoms with Crippen LogP contribution < -0.4 is 15.8 Å². The zero-order valence-electron chi connectivity index (χ0n) is 16.5. The van der Waals surface area contributed by atoms with E-state index in [9.17, 15) is 22.4 Å². The van der Waals surface area contributed by atoms with E-state index < -0.39 is 43.8 Å². The van der Waals surface area contributed by atoms with Gasteiger partial charge in [0.15, 0.2) is 16.0 Å². The van der Waals surface area contributed by atoms with Crippen LogP contribution in [-0.2, 0) is 21.2 Å². The molecule has 0 saturated carbocycles. The second-order valence-electron chi connectivity index (χ2n) is 6.45. The first-order valence-corrected chi connectivity index (χ1v) is 10.1. The van der Waals surface area contributed by atoms with Crippen LogP contribution in [0, 0.1) is 5.82 Å². The number of carbonyl (C=O) groups excluding carboxylic acids is 1. The first-order chi connectivity index (χ1) is 13.4. The molecule has 8 nitrogen and oxygen atoms in total. The number of pyridine rings is 1. The Morgan fingerprint density at radius 3 is 2.50 bits per heavy atom. The quantitative estimate of drug-likeness (QED) is 0.523. The van der Waals surface area contributed by atoms with Crippen LogP contribution in [0.2, 0.25) is 1.41 Å². The highest BCUT2D eigenvalue weighted by molar-refractivity contribution is 7.92. The number of ether oxygens (including phenoxy) is 1. The first kappa shape index (κ1) is 20.0. The van der Waals surface area contributed by atoms with E-state index in [0.717, 1.165) is 30.0 Å². The smallest absolute Gasteiger partial charge is 0.264 e. The standard InChI is InChI=1S/C18H21FN2O6S/c1-18(17(23)20-24,28(3,25)26)8-9-21-11-15(19)14(10-16(21)22)12-4-6-13(27-2)7-5-12/h4-7,10-11,24H,8-9H2,1-3H3,(H,20,23)/t18-/m1/s1/i/hD. The predicted molar refractivity (Wildman–Crippen MR) is 100 cm³/mol. The Labute approximate surface area is 162 Å². The Hall–Kier alpha value is -2.72. The van der Waals surface area contributed by atoms with Crippen LogP contribution in [0.15, 0.2) is 41.3 Å². The number of nitrogens with one attached hydrogen (secondary N) is 1. The highest BCUT2D eigenvalue weighted by Crippen LogP contribution is 2.25. The monoisotopic (exact) mass is 413 g/mol. The summed E-state index contributed by atoms with van der Waals surface area (Å²) in [5, 5.41) is 9.06. The summed E-state index contributed by atoms with van der Waals surface area (Å²) in [7, 11) is -2.56. The lowest BCUT2D eigenvalue weighted by atomic mass is 10.1. The third-order valence-corrected chi connectivity index (χ3v) is 6.69. The van der Waals surface area contributed by atoms with Crippen LogP contribution in [0.3, 0.4) is 0 Å². The highest BCUT2D eigenvalue weighted by Gasteiger charge is 2.43. The fourth-order valence-corrected chi connectivity index (χ4v) is 3.42. The Kier molecular flexibility index (Phi) is 5.80. The summed E-state index contributed by atoms with van der Waals surface area (Å²) in [5.74, 6) is -1.52. The van der Waals surface area contributed by atoms with Crippen molar-refractivity contribution in [2.75, 3.05) is 13.4 Å². The minimum Gasteiger partial charge on any atom is -0.497 e. The van der Waals surface area contributed by atoms with Crippen molar-refractivity contribution in [3.63, 3.8) is 0 Å². The van der Waals surface area contributed by atoms with E-state index >= 15 is 0 Å². The molecule has 1 aromatic heterocycles. The van der Waals surface area contributed by atoms with E-state index in [-0.39, 0.29) is 12.1 Å². The minimum absolute atomic E-state index is 0.0588. The Balaban J connectivity index is 2.35. The lowest BCUT2D eigenvalue weighted by molar-refractivity contribution is -0.131. The van der Waals surface area contributed by atoms with Crippen molar-refractivity contribution in [1.82, 2.24) is 10.0 Å². The number of rotatable bonds is 7. The summed E-state index contributed by atoms with van der Waals surface area (Å²) in [6.45, 7) is 0.720. The SMILES string of the molecule is [2H]N(O)C(=O)[C@@](C)(CCn1cc(F)c(-c2ccc(OC)cc2)cc1=O)S(C)(=O)=O. The molecule has 28 heavy (non-hydrogen) atoms. The lowest BCUT2D eigenvalue weighted by Gasteiger charge is -2.25. The number of aryl methyl sites for hydroxylation is 1. The van der Waals surface area contributed by atoms with Gasteiger partial charge in [-0.1, -0.05) is 12.1 Å². The van der Waals surface area contributed by atoms with Crippen molar-refractivity contribution in [3.8, 4) is 16.9 Å². The second kappa shape index (κ2) is 8.11. The maximum absolute atomic E-state index is 14.6. The summed E-state index contributed by atoms with van der Waals surface area (Å²) >= 11 is 0. The zero-order chi connectivity index (χ0) is 22.0. The molecule has 2 N–H and O–H groups in total. The molecular weight excluding hydrogens is 391 g/mol. The molecule has 2 aromatic rings. The van der Waals surface area contributed by atoms with Crippen LogP contribution in [0.5, 0.6) is 5.75 Å². The van der Waals surface area contributed by atoms with E-state index in [0.29, 0.717) is 11.3 Å². The molecule has 0 fully saturated rings. The number of hydrogen-bond acceptors (Lipinski definition) is 6. The van der Waals surface area contributed by atoms with Crippen LogP contribution in [0.25, 0.3) is 11.1 Å². The molecule has 10 heteroatoms. The van der Waals surface area contributed by atoms with Crippen LogP contribution >= 0.6 is 0 Å². The molecule has 0 aliphatic carbocycles. The van der Waals surface area contributed by atoms with Crippen molar-refractivity contribution in [1.29, 1.82) is 0 Å². The summed E-state index contributed by atoms with van der Waals surface area (Å²) in [4.78, 5) is 24.4. The van der Waals surface area contributed by atoms with Gasteiger partial charge in [0.2, 0.25) is 0 Å². The van der Waals surface area contributed by atoms with Gasteiger partial charge in [0.25, 0.3) is 11.5 Å². The topological polar surface area (TPSA) is 115 Å². The van der Waals surface area contributed by atoms with Crippen molar-refractivity contribution in [2.45, 2.75) is 24.6 Å². The Bertz CT molecular complexity index is 1070. The molecule has 0 bridgehead atoms. The summed E-state index contributed by atoms with van der Waals surface area (Å²) in [5.41, 5.74) is -0.651. The number of aromatic nitrogens is 1. The fourth-order valence-electron chi connectivity index (χ4n) is 2.60. The number of hydrogen-bond donors (Lipinski definition) is 2. The zero-order valence-corrected chi connectivity index (χ0v) is 16.4. The van der Waals surface area contributed by atoms with E-state index in [1.165, 1.54) is 7.11 Å². The largest absolute Gasteiger partial charge is 0.497 e. The molecule has 0 spiro atoms. The number of methoxy groups -OCH3 is 1. The molecule has 0 radical (unpaired) electrons. The van der Waals surface area contributed by atoms with Gasteiger partial charge < -0.3 is 9.30 Å². The normalized spacial score (nSPS) is 14.1. The van der Waals surface area contributed by atoms with E-state index in [1.54, 1.807) is 24.3 Å². The molecule has 0 aliphatic heterocycles. The number of halogens is 1. The number of nitrogens with zero attached hydrogens (tertiary/aromatic N) is 1. The number of hydroxylamine groups is 1. The third kappa shape index (κ3) is 4.23. The van der Waals surface area contributed by atoms with Gasteiger partial charge in [0.05, 0.1) is 7.11 Å². The molecule has 1 heterocycles. The maximum Gasteiger partial charge on any atom is 0.264 e. The van der Waals surface area contributed by atoms with E-state index in [1.807, 2.05) is 0 Å². The van der Waals surface area contributed by atoms with Crippen molar-refractivity contribution in [2.24, 2.45) is 0 Å². The van der Waals surface area contributed by atoms with Crippen LogP contribution in [0.1, 0.15) is 13.3 Å². The summed E-state index contributed by atoms with van der Waals surface area (Å²) in [6.07, 6.45) is 1.26. The molecule has 2 rings (SSSR count). The van der Waals surface area contributed by atoms with E-state index in [4.69, 9.17) is 11.4 Å². The lowest BCUT2D eigenvalue weighted by Crippen LogP contribution is -2.50. The van der Waals surface area contributed by atoms with Crippen molar-refractivity contribution >= 4 is 15.7 Å². The summed E-state index contributed by atoms with van der Waals surface area (Å²) < 4.78 is 49.5. The Morgan fingerprint density at radius 1 is 1.39 bits per heavy atom. The molecule has 1 atom stereocenters. The number of carbonyl (C=O) groups is 1. The summed E-state index contributed by atoms with van der Waals surface area (Å²) in [6, 6.07) is 7.48. The second-order valence-corrected chi connectivity index (χ2v) is 8.90. The predicted octanol–water partition coefficient (Wildman–Crippen LogP) is 1.36. The number of amides is 1. The molecule has 152 valence electrons. The maximum atomic E-state index is 14.6. The van der Waals surface area contributed by atoms with Crippen LogP contribution in [0.4, 0.5) is 4.39 Å². The Morgan fingerprint density at radius 2 is 2.00 bits per heavy atom. The molecule has 1 aromatic carbocycles. The number of sulfone groups is 1. The molecular formula is C18H21FN2O6S. The van der Waals surface area contributed by atoms with Crippen molar-refractivity contribution < 1.29 is 29.0 Å². The minimum atomic E-state index is -4.05. The average Bonchev–Trinajstić information content (AvgIpc) is 2.66. The van der Waals surface area contributed by atoms with Gasteiger partial charge in [-0.3, -0.25) is 14.8 Å². The first-order valence-electron chi connectivity index (χ1n) is 8.62. The highest BCUT2D eigenvalue weighted by atomic mass is 32.2. The van der Waals surface area contributed by atoms with Crippen LogP contribution in [-0.4, -0.2) is 42.2 Å². The van der Waals surface area contributed by atoms with Crippen molar-refractivity contribution in [3.05, 3.63) is 52.7 Å². The van der Waals surface area contributed by atoms with Gasteiger partial charge in [-0.25, -0.2) is 18.3 Å². The van der Waals surface area contributed by atoms with Gasteiger partial charge in [0.1, 0.15) is 11.6 Å². The van der Waals surface area contributed by atoms with Gasteiger partial charge in [0, 0.05) is 30.6 Å². The van der Waals surface area contributed by atoms with Gasteiger partial charge in [-0.2, -0.15) is 0 Å². The molecule has 0 aliphatic rings. The molecule has 0 saturated heterocycles. The fraction of sp³-hybridized carbons (Fsp3) is 0.333. The third-order valence-electron chi connectivity index (χ3n) is 4.67. The number of benzene rings is 1. The van der Waals surface area contributed by atoms with Gasteiger partial charge in [-0.05, 0) is 31.0 Å². The van der Waals surface area contributed by atoms with Gasteiger partial charge in [-0.15, -0.1) is 0 Å². The van der Waals surface area contributed by atoms with E-state index in [2.05, 4.69) is 0 Å². The molecule has 0 unspecified atom stereocenters. The molecule has 1 amide bonds. The van der Waals surface area contributed by atoms with Gasteiger partial charge >= 0.3 is 0 Å². The average molecular weight is 413 g/mol.